The topological polar surface area (TPSA) is 100 Å². The van der Waals surface area contributed by atoms with E-state index in [2.05, 4.69) is 16.5 Å². The molecule has 4 rings (SSSR count). The number of carbonyl (C=O) groups excluding carboxylic acids is 1. The predicted molar refractivity (Wildman–Crippen MR) is 105 cm³/mol. The van der Waals surface area contributed by atoms with Crippen LogP contribution < -0.4 is 5.32 Å². The van der Waals surface area contributed by atoms with Crippen LogP contribution in [0, 0.1) is 18.3 Å². The molecule has 1 aromatic heterocycles. The Labute approximate surface area is 168 Å². The zero-order valence-corrected chi connectivity index (χ0v) is 15.9. The van der Waals surface area contributed by atoms with Gasteiger partial charge in [0.15, 0.2) is 0 Å². The molecule has 29 heavy (non-hydrogen) atoms. The van der Waals surface area contributed by atoms with Gasteiger partial charge in [0.2, 0.25) is 0 Å². The van der Waals surface area contributed by atoms with Crippen molar-refractivity contribution in [1.82, 2.24) is 15.1 Å². The molecule has 146 valence electrons. The number of nitrogens with one attached hydrogen (secondary N) is 1. The Morgan fingerprint density at radius 2 is 2.10 bits per heavy atom. The number of aromatic nitrogens is 2. The summed E-state index contributed by atoms with van der Waals surface area (Å²) in [6.45, 7) is 3.10. The van der Waals surface area contributed by atoms with E-state index in [9.17, 15) is 9.90 Å². The van der Waals surface area contributed by atoms with Gasteiger partial charge in [-0.2, -0.15) is 10.4 Å². The molecule has 0 unspecified atom stereocenters. The molecule has 0 saturated heterocycles. The first-order chi connectivity index (χ1) is 14.1. The fourth-order valence-electron chi connectivity index (χ4n) is 3.47. The normalized spacial score (nSPS) is 13.6. The largest absolute Gasteiger partial charge is 0.457 e. The standard InChI is InChI=1S/C22H20N4O3/c1-14-18(6-7-19-20(14)13-29-22(19)28)21(27)11-24-9-16-10-25-26(12-16)17-4-2-15(8-23)3-5-17/h2-7,10,12,21,24,27H,9,11,13H2,1H3/t21-/m0/s1. The summed E-state index contributed by atoms with van der Waals surface area (Å²) in [4.78, 5) is 11.6. The van der Waals surface area contributed by atoms with Gasteiger partial charge in [-0.25, -0.2) is 9.48 Å². The molecule has 2 N–H and O–H groups in total. The van der Waals surface area contributed by atoms with Gasteiger partial charge in [-0.1, -0.05) is 6.07 Å². The minimum absolute atomic E-state index is 0.266. The lowest BCUT2D eigenvalue weighted by Gasteiger charge is -2.16. The highest BCUT2D eigenvalue weighted by molar-refractivity contribution is 5.93. The third-order valence-electron chi connectivity index (χ3n) is 5.13. The molecule has 1 atom stereocenters. The number of esters is 1. The van der Waals surface area contributed by atoms with E-state index in [1.807, 2.05) is 25.3 Å². The first-order valence-corrected chi connectivity index (χ1v) is 9.29. The van der Waals surface area contributed by atoms with Gasteiger partial charge in [0.25, 0.3) is 0 Å². The second kappa shape index (κ2) is 7.87. The Balaban J connectivity index is 1.37. The number of aliphatic hydroxyl groups is 1. The number of nitriles is 1. The highest BCUT2D eigenvalue weighted by atomic mass is 16.5. The third-order valence-corrected chi connectivity index (χ3v) is 5.13. The molecule has 0 radical (unpaired) electrons. The van der Waals surface area contributed by atoms with E-state index in [1.54, 1.807) is 35.1 Å². The summed E-state index contributed by atoms with van der Waals surface area (Å²) in [6.07, 6.45) is 2.98. The monoisotopic (exact) mass is 388 g/mol. The van der Waals surface area contributed by atoms with E-state index >= 15 is 0 Å². The van der Waals surface area contributed by atoms with Crippen LogP contribution in [0.15, 0.2) is 48.8 Å². The summed E-state index contributed by atoms with van der Waals surface area (Å²) < 4.78 is 6.81. The van der Waals surface area contributed by atoms with Crippen LogP contribution in [0.25, 0.3) is 5.69 Å². The first kappa shape index (κ1) is 18.9. The van der Waals surface area contributed by atoms with Gasteiger partial charge >= 0.3 is 5.97 Å². The fraction of sp³-hybridized carbons (Fsp3) is 0.227. The molecule has 7 nitrogen and oxygen atoms in total. The van der Waals surface area contributed by atoms with E-state index in [-0.39, 0.29) is 12.6 Å². The van der Waals surface area contributed by atoms with Crippen molar-refractivity contribution in [3.63, 3.8) is 0 Å². The van der Waals surface area contributed by atoms with E-state index < -0.39 is 6.10 Å². The van der Waals surface area contributed by atoms with Crippen LogP contribution in [0.3, 0.4) is 0 Å². The van der Waals surface area contributed by atoms with Gasteiger partial charge in [-0.05, 0) is 48.4 Å². The molecule has 3 aromatic rings. The fourth-order valence-corrected chi connectivity index (χ4v) is 3.47. The summed E-state index contributed by atoms with van der Waals surface area (Å²) in [6, 6.07) is 12.8. The van der Waals surface area contributed by atoms with Gasteiger partial charge < -0.3 is 15.2 Å². The van der Waals surface area contributed by atoms with E-state index in [1.165, 1.54) is 0 Å². The minimum Gasteiger partial charge on any atom is -0.457 e. The van der Waals surface area contributed by atoms with Crippen molar-refractivity contribution in [2.45, 2.75) is 26.2 Å². The molecule has 2 aromatic carbocycles. The van der Waals surface area contributed by atoms with Crippen LogP contribution in [0.2, 0.25) is 0 Å². The molecule has 0 saturated carbocycles. The Kier molecular flexibility index (Phi) is 5.12. The molecular formula is C22H20N4O3. The van der Waals surface area contributed by atoms with Crippen LogP contribution >= 0.6 is 0 Å². The lowest BCUT2D eigenvalue weighted by Crippen LogP contribution is -2.21. The predicted octanol–water partition coefficient (Wildman–Crippen LogP) is 2.55. The molecule has 1 aliphatic heterocycles. The van der Waals surface area contributed by atoms with Crippen molar-refractivity contribution in [3.8, 4) is 11.8 Å². The Morgan fingerprint density at radius 1 is 1.31 bits per heavy atom. The maximum absolute atomic E-state index is 11.6. The van der Waals surface area contributed by atoms with Crippen molar-refractivity contribution in [2.75, 3.05) is 6.54 Å². The lowest BCUT2D eigenvalue weighted by molar-refractivity contribution is 0.0535. The molecule has 1 aliphatic rings. The van der Waals surface area contributed by atoms with E-state index in [0.717, 1.165) is 27.9 Å². The zero-order valence-electron chi connectivity index (χ0n) is 15.9. The number of benzene rings is 2. The van der Waals surface area contributed by atoms with Crippen LogP contribution in [-0.4, -0.2) is 27.4 Å². The average Bonchev–Trinajstić information content (AvgIpc) is 3.36. The summed E-state index contributed by atoms with van der Waals surface area (Å²) >= 11 is 0. The summed E-state index contributed by atoms with van der Waals surface area (Å²) in [7, 11) is 0. The van der Waals surface area contributed by atoms with Gasteiger partial charge in [-0.15, -0.1) is 0 Å². The number of carbonyl (C=O) groups is 1. The molecule has 0 bridgehead atoms. The van der Waals surface area contributed by atoms with Crippen molar-refractivity contribution in [1.29, 1.82) is 5.26 Å². The number of hydrogen-bond acceptors (Lipinski definition) is 6. The molecular weight excluding hydrogens is 368 g/mol. The van der Waals surface area contributed by atoms with Crippen LogP contribution in [0.1, 0.15) is 44.3 Å². The lowest BCUT2D eigenvalue weighted by atomic mass is 9.95. The highest BCUT2D eigenvalue weighted by Gasteiger charge is 2.25. The molecule has 7 heteroatoms. The first-order valence-electron chi connectivity index (χ1n) is 9.29. The molecule has 2 heterocycles. The van der Waals surface area contributed by atoms with Gasteiger partial charge in [0.1, 0.15) is 6.61 Å². The van der Waals surface area contributed by atoms with Crippen LogP contribution in [0.5, 0.6) is 0 Å². The number of nitrogens with zero attached hydrogens (tertiary/aromatic N) is 3. The second-order valence-electron chi connectivity index (χ2n) is 6.98. The van der Waals surface area contributed by atoms with Gasteiger partial charge in [0.05, 0.1) is 35.2 Å². The highest BCUT2D eigenvalue weighted by Crippen LogP contribution is 2.28. The number of rotatable bonds is 6. The SMILES string of the molecule is Cc1c([C@@H](O)CNCc2cnn(-c3ccc(C#N)cc3)c2)ccc2c1COC2=O. The summed E-state index contributed by atoms with van der Waals surface area (Å²) in [5.74, 6) is -0.304. The number of ether oxygens (including phenoxy) is 1. The van der Waals surface area contributed by atoms with Crippen LogP contribution in [-0.2, 0) is 17.9 Å². The zero-order chi connectivity index (χ0) is 20.4. The van der Waals surface area contributed by atoms with E-state index in [4.69, 9.17) is 10.00 Å². The summed E-state index contributed by atoms with van der Waals surface area (Å²) in [5, 5.41) is 27.0. The van der Waals surface area contributed by atoms with Gasteiger partial charge in [0, 0.05) is 30.4 Å². The smallest absolute Gasteiger partial charge is 0.338 e. The van der Waals surface area contributed by atoms with Gasteiger partial charge in [-0.3, -0.25) is 0 Å². The molecule has 0 aliphatic carbocycles. The van der Waals surface area contributed by atoms with Crippen molar-refractivity contribution in [2.24, 2.45) is 0 Å². The third kappa shape index (κ3) is 3.76. The Bertz CT molecular complexity index is 1100. The Hall–Kier alpha value is -3.47. The van der Waals surface area contributed by atoms with Crippen molar-refractivity contribution in [3.05, 3.63) is 82.2 Å². The maximum Gasteiger partial charge on any atom is 0.338 e. The quantitative estimate of drug-likeness (QED) is 0.630. The summed E-state index contributed by atoms with van der Waals surface area (Å²) in [5.41, 5.74) is 5.59. The van der Waals surface area contributed by atoms with E-state index in [0.29, 0.717) is 24.2 Å². The number of hydrogen-bond donors (Lipinski definition) is 2. The van der Waals surface area contributed by atoms with Crippen LogP contribution in [0.4, 0.5) is 0 Å². The van der Waals surface area contributed by atoms with Crippen molar-refractivity contribution < 1.29 is 14.6 Å². The maximum atomic E-state index is 11.6. The number of cyclic esters (lactones) is 1. The molecule has 0 fully saturated rings. The molecule has 0 amide bonds. The average molecular weight is 388 g/mol. The number of fused-ring (bicyclic) bond motifs is 1. The Morgan fingerprint density at radius 3 is 2.86 bits per heavy atom. The molecule has 0 spiro atoms. The number of aliphatic hydroxyl groups excluding tert-OH is 1. The second-order valence-corrected chi connectivity index (χ2v) is 6.98. The minimum atomic E-state index is -0.690. The van der Waals surface area contributed by atoms with Crippen molar-refractivity contribution >= 4 is 5.97 Å².